The van der Waals surface area contributed by atoms with Crippen LogP contribution in [0.15, 0.2) is 41.3 Å². The van der Waals surface area contributed by atoms with Crippen LogP contribution in [0.5, 0.6) is 0 Å². The van der Waals surface area contributed by atoms with Gasteiger partial charge in [0.1, 0.15) is 5.82 Å². The fourth-order valence-electron chi connectivity index (χ4n) is 1.59. The molecule has 2 aromatic rings. The Morgan fingerprint density at radius 2 is 2.31 bits per heavy atom. The average molecular weight is 218 g/mol. The van der Waals surface area contributed by atoms with Crippen molar-refractivity contribution in [2.75, 3.05) is 5.73 Å². The lowest BCUT2D eigenvalue weighted by Gasteiger charge is -2.14. The second kappa shape index (κ2) is 4.78. The smallest absolute Gasteiger partial charge is 0.126 e. The molecule has 0 spiro atoms. The maximum absolute atomic E-state index is 5.77. The lowest BCUT2D eigenvalue weighted by Crippen LogP contribution is -2.29. The van der Waals surface area contributed by atoms with Crippen LogP contribution in [0.4, 0.5) is 5.82 Å². The van der Waals surface area contributed by atoms with Crippen molar-refractivity contribution >= 4 is 5.82 Å². The first-order valence-corrected chi connectivity index (χ1v) is 4.99. The molecule has 1 unspecified atom stereocenters. The summed E-state index contributed by atoms with van der Waals surface area (Å²) in [6.45, 7) is 0. The summed E-state index contributed by atoms with van der Waals surface area (Å²) >= 11 is 0. The highest BCUT2D eigenvalue weighted by molar-refractivity contribution is 5.39. The van der Waals surface area contributed by atoms with Gasteiger partial charge in [-0.05, 0) is 24.1 Å². The van der Waals surface area contributed by atoms with Crippen LogP contribution in [-0.2, 0) is 6.42 Å². The average Bonchev–Trinajstić information content (AvgIpc) is 2.81. The lowest BCUT2D eigenvalue weighted by molar-refractivity contribution is 0.525. The highest BCUT2D eigenvalue weighted by Gasteiger charge is 2.13. The van der Waals surface area contributed by atoms with Gasteiger partial charge < -0.3 is 10.2 Å². The molecular weight excluding hydrogens is 204 g/mol. The van der Waals surface area contributed by atoms with E-state index >= 15 is 0 Å². The van der Waals surface area contributed by atoms with Gasteiger partial charge in [0.05, 0.1) is 18.6 Å². The first kappa shape index (κ1) is 10.7. The maximum Gasteiger partial charge on any atom is 0.126 e. The minimum absolute atomic E-state index is 0.0229. The molecule has 0 bridgehead atoms. The first-order chi connectivity index (χ1) is 7.81. The molecule has 5 nitrogen and oxygen atoms in total. The number of furan rings is 1. The third-order valence-electron chi connectivity index (χ3n) is 2.50. The van der Waals surface area contributed by atoms with E-state index in [1.807, 2.05) is 18.2 Å². The predicted molar refractivity (Wildman–Crippen MR) is 61.1 cm³/mol. The summed E-state index contributed by atoms with van der Waals surface area (Å²) in [5.74, 6) is 6.04. The standard InChI is InChI=1S/C11H14N4O/c12-11-8(2-1-4-14-11)6-10(15-13)9-3-5-16-7-9/h1-5,7,10,15H,6,13H2,(H2,12,14). The molecule has 5 N–H and O–H groups in total. The van der Waals surface area contributed by atoms with Crippen molar-refractivity contribution in [3.63, 3.8) is 0 Å². The van der Waals surface area contributed by atoms with Gasteiger partial charge in [0.25, 0.3) is 0 Å². The Labute approximate surface area is 93.4 Å². The van der Waals surface area contributed by atoms with Crippen molar-refractivity contribution in [2.45, 2.75) is 12.5 Å². The van der Waals surface area contributed by atoms with Gasteiger partial charge in [-0.25, -0.2) is 4.98 Å². The molecule has 0 saturated heterocycles. The zero-order valence-electron chi connectivity index (χ0n) is 8.76. The van der Waals surface area contributed by atoms with E-state index in [0.29, 0.717) is 12.2 Å². The summed E-state index contributed by atoms with van der Waals surface area (Å²) in [6, 6.07) is 5.64. The van der Waals surface area contributed by atoms with E-state index in [0.717, 1.165) is 11.1 Å². The molecule has 0 saturated carbocycles. The Morgan fingerprint density at radius 1 is 1.44 bits per heavy atom. The van der Waals surface area contributed by atoms with Crippen molar-refractivity contribution in [2.24, 2.45) is 5.84 Å². The molecule has 0 aliphatic carbocycles. The summed E-state index contributed by atoms with van der Waals surface area (Å²) in [7, 11) is 0. The Hall–Kier alpha value is -1.85. The fourth-order valence-corrected chi connectivity index (χ4v) is 1.59. The number of anilines is 1. The molecule has 0 aliphatic heterocycles. The topological polar surface area (TPSA) is 90.1 Å². The van der Waals surface area contributed by atoms with Gasteiger partial charge in [0.2, 0.25) is 0 Å². The molecule has 0 aliphatic rings. The van der Waals surface area contributed by atoms with Crippen molar-refractivity contribution < 1.29 is 4.42 Å². The van der Waals surface area contributed by atoms with Crippen LogP contribution in [0.25, 0.3) is 0 Å². The van der Waals surface area contributed by atoms with Crippen molar-refractivity contribution in [3.8, 4) is 0 Å². The van der Waals surface area contributed by atoms with Gasteiger partial charge in [-0.1, -0.05) is 6.07 Å². The van der Waals surface area contributed by atoms with Crippen molar-refractivity contribution in [1.82, 2.24) is 10.4 Å². The zero-order valence-corrected chi connectivity index (χ0v) is 8.76. The molecule has 1 atom stereocenters. The molecule has 0 radical (unpaired) electrons. The van der Waals surface area contributed by atoms with E-state index < -0.39 is 0 Å². The summed E-state index contributed by atoms with van der Waals surface area (Å²) in [5.41, 5.74) is 10.5. The van der Waals surface area contributed by atoms with Crippen LogP contribution >= 0.6 is 0 Å². The molecule has 2 aromatic heterocycles. The Bertz CT molecular complexity index is 441. The van der Waals surface area contributed by atoms with E-state index in [2.05, 4.69) is 10.4 Å². The third-order valence-corrected chi connectivity index (χ3v) is 2.50. The lowest BCUT2D eigenvalue weighted by atomic mass is 10.0. The minimum Gasteiger partial charge on any atom is -0.472 e. The second-order valence-electron chi connectivity index (χ2n) is 3.53. The number of pyridine rings is 1. The van der Waals surface area contributed by atoms with Gasteiger partial charge in [0.15, 0.2) is 0 Å². The van der Waals surface area contributed by atoms with Crippen LogP contribution in [0.3, 0.4) is 0 Å². The van der Waals surface area contributed by atoms with Crippen LogP contribution in [-0.4, -0.2) is 4.98 Å². The van der Waals surface area contributed by atoms with Gasteiger partial charge >= 0.3 is 0 Å². The summed E-state index contributed by atoms with van der Waals surface area (Å²) in [5, 5.41) is 0. The largest absolute Gasteiger partial charge is 0.472 e. The number of rotatable bonds is 4. The molecule has 5 heteroatoms. The van der Waals surface area contributed by atoms with Crippen LogP contribution in [0, 0.1) is 0 Å². The number of nitrogens with one attached hydrogen (secondary N) is 1. The predicted octanol–water partition coefficient (Wildman–Crippen LogP) is 1.00. The van der Waals surface area contributed by atoms with Gasteiger partial charge in [-0.2, -0.15) is 0 Å². The van der Waals surface area contributed by atoms with Crippen LogP contribution in [0.2, 0.25) is 0 Å². The van der Waals surface area contributed by atoms with Gasteiger partial charge in [-0.15, -0.1) is 0 Å². The maximum atomic E-state index is 5.77. The van der Waals surface area contributed by atoms with Gasteiger partial charge in [0, 0.05) is 11.8 Å². The Kier molecular flexibility index (Phi) is 3.19. The number of nitrogen functional groups attached to an aromatic ring is 1. The Balaban J connectivity index is 2.17. The number of nitrogens with zero attached hydrogens (tertiary/aromatic N) is 1. The highest BCUT2D eigenvalue weighted by atomic mass is 16.3. The number of hydrogen-bond donors (Lipinski definition) is 3. The summed E-state index contributed by atoms with van der Waals surface area (Å²) in [6.07, 6.45) is 5.63. The van der Waals surface area contributed by atoms with Crippen molar-refractivity contribution in [3.05, 3.63) is 48.0 Å². The Morgan fingerprint density at radius 3 is 2.94 bits per heavy atom. The third kappa shape index (κ3) is 2.21. The zero-order chi connectivity index (χ0) is 11.4. The SMILES string of the molecule is NNC(Cc1cccnc1N)c1ccoc1. The van der Waals surface area contributed by atoms with E-state index in [9.17, 15) is 0 Å². The van der Waals surface area contributed by atoms with E-state index in [1.54, 1.807) is 18.7 Å². The van der Waals surface area contributed by atoms with Crippen LogP contribution < -0.4 is 17.0 Å². The molecule has 2 rings (SSSR count). The normalized spacial score (nSPS) is 12.6. The number of hydrogen-bond acceptors (Lipinski definition) is 5. The van der Waals surface area contributed by atoms with E-state index in [4.69, 9.17) is 16.0 Å². The van der Waals surface area contributed by atoms with E-state index in [-0.39, 0.29) is 6.04 Å². The highest BCUT2D eigenvalue weighted by Crippen LogP contribution is 2.20. The molecular formula is C11H14N4O. The number of nitrogens with two attached hydrogens (primary N) is 2. The monoisotopic (exact) mass is 218 g/mol. The minimum atomic E-state index is -0.0229. The number of hydrazine groups is 1. The number of aromatic nitrogens is 1. The quantitative estimate of drug-likeness (QED) is 0.526. The molecule has 16 heavy (non-hydrogen) atoms. The van der Waals surface area contributed by atoms with E-state index in [1.165, 1.54) is 0 Å². The fraction of sp³-hybridized carbons (Fsp3) is 0.182. The summed E-state index contributed by atoms with van der Waals surface area (Å²) < 4.78 is 5.02. The summed E-state index contributed by atoms with van der Waals surface area (Å²) in [4.78, 5) is 4.03. The van der Waals surface area contributed by atoms with Crippen molar-refractivity contribution in [1.29, 1.82) is 0 Å². The molecule has 84 valence electrons. The molecule has 2 heterocycles. The molecule has 0 aromatic carbocycles. The van der Waals surface area contributed by atoms with Crippen LogP contribution in [0.1, 0.15) is 17.2 Å². The molecule has 0 amide bonds. The second-order valence-corrected chi connectivity index (χ2v) is 3.53. The molecule has 0 fully saturated rings. The first-order valence-electron chi connectivity index (χ1n) is 4.99. The van der Waals surface area contributed by atoms with Gasteiger partial charge in [-0.3, -0.25) is 11.3 Å².